The molecule has 96 valence electrons. The van der Waals surface area contributed by atoms with E-state index >= 15 is 0 Å². The molecule has 1 aromatic carbocycles. The molecule has 0 spiro atoms. The molecule has 0 amide bonds. The van der Waals surface area contributed by atoms with Gasteiger partial charge in [0, 0.05) is 5.02 Å². The second-order valence-corrected chi connectivity index (χ2v) is 5.01. The molecular weight excluding hydrogens is 230 g/mol. The van der Waals surface area contributed by atoms with Gasteiger partial charge >= 0.3 is 0 Å². The van der Waals surface area contributed by atoms with Gasteiger partial charge in [0.1, 0.15) is 0 Å². The maximum Gasteiger partial charge on any atom is 0.0406 e. The van der Waals surface area contributed by atoms with Gasteiger partial charge in [-0.1, -0.05) is 37.6 Å². The molecule has 0 bridgehead atoms. The normalized spacial score (nSPS) is 11.1. The Balaban J connectivity index is 2.27. The number of nitrogens with zero attached hydrogens (tertiary/aromatic N) is 1. The Bertz CT molecular complexity index is 288. The molecule has 0 saturated heterocycles. The van der Waals surface area contributed by atoms with Crippen LogP contribution in [0, 0.1) is 0 Å². The Morgan fingerprint density at radius 1 is 0.941 bits per heavy atom. The van der Waals surface area contributed by atoms with Gasteiger partial charge in [-0.25, -0.2) is 0 Å². The fraction of sp³-hybridized carbons (Fsp3) is 0.600. The van der Waals surface area contributed by atoms with E-state index in [1.54, 1.807) is 0 Å². The third-order valence-corrected chi connectivity index (χ3v) is 3.18. The zero-order valence-electron chi connectivity index (χ0n) is 11.1. The SMILES string of the molecule is CCCN(CCC)CCCc1ccc(Cl)cc1. The van der Waals surface area contributed by atoms with Gasteiger partial charge in [-0.3, -0.25) is 0 Å². The van der Waals surface area contributed by atoms with Crippen molar-refractivity contribution in [3.63, 3.8) is 0 Å². The fourth-order valence-corrected chi connectivity index (χ4v) is 2.25. The minimum Gasteiger partial charge on any atom is -0.303 e. The Morgan fingerprint density at radius 2 is 1.53 bits per heavy atom. The number of halogens is 1. The van der Waals surface area contributed by atoms with Gasteiger partial charge < -0.3 is 4.90 Å². The maximum absolute atomic E-state index is 5.87. The van der Waals surface area contributed by atoms with Gasteiger partial charge in [-0.2, -0.15) is 0 Å². The lowest BCUT2D eigenvalue weighted by Crippen LogP contribution is -2.26. The number of rotatable bonds is 8. The summed E-state index contributed by atoms with van der Waals surface area (Å²) < 4.78 is 0. The van der Waals surface area contributed by atoms with Crippen LogP contribution < -0.4 is 0 Å². The monoisotopic (exact) mass is 253 g/mol. The van der Waals surface area contributed by atoms with E-state index in [9.17, 15) is 0 Å². The summed E-state index contributed by atoms with van der Waals surface area (Å²) in [6.45, 7) is 8.18. The van der Waals surface area contributed by atoms with Gasteiger partial charge in [0.05, 0.1) is 0 Å². The highest BCUT2D eigenvalue weighted by molar-refractivity contribution is 6.30. The van der Waals surface area contributed by atoms with Crippen molar-refractivity contribution in [2.45, 2.75) is 39.5 Å². The Hall–Kier alpha value is -0.530. The summed E-state index contributed by atoms with van der Waals surface area (Å²) in [6.07, 6.45) is 4.89. The highest BCUT2D eigenvalue weighted by Crippen LogP contribution is 2.11. The first-order valence-electron chi connectivity index (χ1n) is 6.73. The van der Waals surface area contributed by atoms with Crippen LogP contribution in [0.2, 0.25) is 5.02 Å². The van der Waals surface area contributed by atoms with E-state index in [1.807, 2.05) is 12.1 Å². The first-order chi connectivity index (χ1) is 8.26. The molecule has 0 atom stereocenters. The molecule has 1 rings (SSSR count). The van der Waals surface area contributed by atoms with Crippen molar-refractivity contribution in [2.75, 3.05) is 19.6 Å². The molecule has 0 N–H and O–H groups in total. The minimum absolute atomic E-state index is 0.826. The van der Waals surface area contributed by atoms with E-state index in [2.05, 4.69) is 30.9 Å². The van der Waals surface area contributed by atoms with E-state index in [-0.39, 0.29) is 0 Å². The highest BCUT2D eigenvalue weighted by atomic mass is 35.5. The van der Waals surface area contributed by atoms with Crippen molar-refractivity contribution in [3.05, 3.63) is 34.9 Å². The Morgan fingerprint density at radius 3 is 2.06 bits per heavy atom. The van der Waals surface area contributed by atoms with Crippen molar-refractivity contribution in [2.24, 2.45) is 0 Å². The zero-order chi connectivity index (χ0) is 12.5. The third-order valence-electron chi connectivity index (χ3n) is 2.93. The molecule has 0 unspecified atom stereocenters. The molecule has 0 fully saturated rings. The first-order valence-corrected chi connectivity index (χ1v) is 7.10. The second-order valence-electron chi connectivity index (χ2n) is 4.57. The summed E-state index contributed by atoms with van der Waals surface area (Å²) in [5.41, 5.74) is 1.39. The average molecular weight is 254 g/mol. The van der Waals surface area contributed by atoms with Crippen molar-refractivity contribution in [1.29, 1.82) is 0 Å². The van der Waals surface area contributed by atoms with Gasteiger partial charge in [-0.05, 0) is 63.0 Å². The molecule has 2 heteroatoms. The predicted molar refractivity (Wildman–Crippen MR) is 76.8 cm³/mol. The lowest BCUT2D eigenvalue weighted by Gasteiger charge is -2.20. The van der Waals surface area contributed by atoms with E-state index in [0.29, 0.717) is 0 Å². The third kappa shape index (κ3) is 6.09. The number of hydrogen-bond donors (Lipinski definition) is 0. The lowest BCUT2D eigenvalue weighted by molar-refractivity contribution is 0.271. The van der Waals surface area contributed by atoms with Crippen LogP contribution in [0.5, 0.6) is 0 Å². The number of aryl methyl sites for hydroxylation is 1. The van der Waals surface area contributed by atoms with Gasteiger partial charge in [-0.15, -0.1) is 0 Å². The minimum atomic E-state index is 0.826. The largest absolute Gasteiger partial charge is 0.303 e. The molecular formula is C15H24ClN. The molecule has 17 heavy (non-hydrogen) atoms. The molecule has 0 heterocycles. The van der Waals surface area contributed by atoms with Gasteiger partial charge in [0.2, 0.25) is 0 Å². The summed E-state index contributed by atoms with van der Waals surface area (Å²) in [7, 11) is 0. The van der Waals surface area contributed by atoms with E-state index < -0.39 is 0 Å². The molecule has 0 aliphatic rings. The quantitative estimate of drug-likeness (QED) is 0.664. The Kier molecular flexibility index (Phi) is 7.30. The van der Waals surface area contributed by atoms with Crippen LogP contribution in [0.4, 0.5) is 0 Å². The molecule has 1 nitrogen and oxygen atoms in total. The van der Waals surface area contributed by atoms with Crippen LogP contribution in [-0.4, -0.2) is 24.5 Å². The van der Waals surface area contributed by atoms with Crippen molar-refractivity contribution < 1.29 is 0 Å². The second kappa shape index (κ2) is 8.54. The smallest absolute Gasteiger partial charge is 0.0406 e. The number of hydrogen-bond acceptors (Lipinski definition) is 1. The molecule has 0 aliphatic carbocycles. The standard InChI is InChI=1S/C15H24ClN/c1-3-11-17(12-4-2)13-5-6-14-7-9-15(16)10-8-14/h7-10H,3-6,11-13H2,1-2H3. The van der Waals surface area contributed by atoms with Crippen molar-refractivity contribution >= 4 is 11.6 Å². The van der Waals surface area contributed by atoms with Crippen molar-refractivity contribution in [1.82, 2.24) is 4.90 Å². The van der Waals surface area contributed by atoms with Crippen LogP contribution in [0.15, 0.2) is 24.3 Å². The molecule has 0 saturated carbocycles. The van der Waals surface area contributed by atoms with Crippen LogP contribution >= 0.6 is 11.6 Å². The predicted octanol–water partition coefficient (Wildman–Crippen LogP) is 4.39. The summed E-state index contributed by atoms with van der Waals surface area (Å²) in [4.78, 5) is 2.57. The molecule has 1 aromatic rings. The molecule has 0 aliphatic heterocycles. The zero-order valence-corrected chi connectivity index (χ0v) is 11.8. The van der Waals surface area contributed by atoms with Gasteiger partial charge in [0.15, 0.2) is 0 Å². The van der Waals surface area contributed by atoms with Crippen LogP contribution in [0.3, 0.4) is 0 Å². The topological polar surface area (TPSA) is 3.24 Å². The molecule has 0 aromatic heterocycles. The summed E-state index contributed by atoms with van der Waals surface area (Å²) in [5, 5.41) is 0.826. The Labute approximate surface area is 111 Å². The van der Waals surface area contributed by atoms with Crippen LogP contribution in [0.1, 0.15) is 38.7 Å². The fourth-order valence-electron chi connectivity index (χ4n) is 2.13. The highest BCUT2D eigenvalue weighted by Gasteiger charge is 2.02. The van der Waals surface area contributed by atoms with E-state index in [4.69, 9.17) is 11.6 Å². The summed E-state index contributed by atoms with van der Waals surface area (Å²) in [6, 6.07) is 8.22. The lowest BCUT2D eigenvalue weighted by atomic mass is 10.1. The average Bonchev–Trinajstić information content (AvgIpc) is 2.32. The van der Waals surface area contributed by atoms with E-state index in [1.165, 1.54) is 44.5 Å². The van der Waals surface area contributed by atoms with Crippen molar-refractivity contribution in [3.8, 4) is 0 Å². The van der Waals surface area contributed by atoms with Gasteiger partial charge in [0.25, 0.3) is 0 Å². The summed E-state index contributed by atoms with van der Waals surface area (Å²) >= 11 is 5.87. The van der Waals surface area contributed by atoms with Crippen LogP contribution in [0.25, 0.3) is 0 Å². The van der Waals surface area contributed by atoms with Crippen LogP contribution in [-0.2, 0) is 6.42 Å². The first kappa shape index (κ1) is 14.5. The maximum atomic E-state index is 5.87. The number of benzene rings is 1. The van der Waals surface area contributed by atoms with E-state index in [0.717, 1.165) is 11.4 Å². The summed E-state index contributed by atoms with van der Waals surface area (Å²) in [5.74, 6) is 0. The molecule has 0 radical (unpaired) electrons.